The van der Waals surface area contributed by atoms with Crippen LogP contribution < -0.4 is 4.90 Å². The van der Waals surface area contributed by atoms with Crippen LogP contribution in [0.3, 0.4) is 0 Å². The van der Waals surface area contributed by atoms with Gasteiger partial charge >= 0.3 is 0 Å². The van der Waals surface area contributed by atoms with Gasteiger partial charge in [0.15, 0.2) is 0 Å². The third-order valence-corrected chi connectivity index (χ3v) is 7.89. The van der Waals surface area contributed by atoms with E-state index in [2.05, 4.69) is 4.98 Å². The zero-order valence-electron chi connectivity index (χ0n) is 20.6. The van der Waals surface area contributed by atoms with Gasteiger partial charge in [-0.3, -0.25) is 4.79 Å². The van der Waals surface area contributed by atoms with Crippen molar-refractivity contribution in [2.75, 3.05) is 31.1 Å². The van der Waals surface area contributed by atoms with Gasteiger partial charge in [0, 0.05) is 55.8 Å². The Balaban J connectivity index is 1.28. The number of halogens is 2. The van der Waals surface area contributed by atoms with Gasteiger partial charge in [-0.2, -0.15) is 0 Å². The minimum atomic E-state index is -0.972. The highest BCUT2D eigenvalue weighted by Crippen LogP contribution is 2.42. The maximum Gasteiger partial charge on any atom is 0.227 e. The maximum absolute atomic E-state index is 14.3. The van der Waals surface area contributed by atoms with Crippen molar-refractivity contribution in [1.82, 2.24) is 9.88 Å². The molecule has 0 spiro atoms. The van der Waals surface area contributed by atoms with E-state index in [1.165, 1.54) is 12.1 Å². The molecule has 36 heavy (non-hydrogen) atoms. The van der Waals surface area contributed by atoms with Gasteiger partial charge in [-0.1, -0.05) is 44.2 Å². The molecule has 0 saturated carbocycles. The van der Waals surface area contributed by atoms with Crippen LogP contribution in [-0.2, 0) is 10.4 Å². The van der Waals surface area contributed by atoms with E-state index in [0.717, 1.165) is 11.6 Å². The van der Waals surface area contributed by atoms with E-state index in [-0.39, 0.29) is 23.7 Å². The summed E-state index contributed by atoms with van der Waals surface area (Å²) in [7, 11) is 0. The Labute approximate surface area is 210 Å². The van der Waals surface area contributed by atoms with Gasteiger partial charge in [0.05, 0.1) is 11.5 Å². The van der Waals surface area contributed by atoms with E-state index < -0.39 is 17.2 Å². The number of hydrogen-bond acceptors (Lipinski definition) is 4. The lowest BCUT2D eigenvalue weighted by Gasteiger charge is -2.48. The first-order valence-electron chi connectivity index (χ1n) is 12.5. The lowest BCUT2D eigenvalue weighted by Crippen LogP contribution is -2.56. The summed E-state index contributed by atoms with van der Waals surface area (Å²) in [4.78, 5) is 21.9. The fourth-order valence-electron chi connectivity index (χ4n) is 5.86. The molecular weight excluding hydrogens is 460 g/mol. The molecule has 2 fully saturated rings. The van der Waals surface area contributed by atoms with Crippen LogP contribution in [0.5, 0.6) is 0 Å². The van der Waals surface area contributed by atoms with Crippen molar-refractivity contribution in [3.8, 4) is 11.1 Å². The first-order chi connectivity index (χ1) is 17.3. The van der Waals surface area contributed by atoms with Crippen molar-refractivity contribution in [2.45, 2.75) is 25.9 Å². The third-order valence-electron chi connectivity index (χ3n) is 7.89. The topological polar surface area (TPSA) is 56.7 Å². The molecule has 1 N–H and O–H groups in total. The highest BCUT2D eigenvalue weighted by molar-refractivity contribution is 5.80. The normalized spacial score (nSPS) is 26.3. The fraction of sp³-hybridized carbons (Fsp3) is 0.379. The maximum atomic E-state index is 14.3. The van der Waals surface area contributed by atoms with Crippen molar-refractivity contribution < 1.29 is 18.7 Å². The van der Waals surface area contributed by atoms with E-state index >= 15 is 0 Å². The summed E-state index contributed by atoms with van der Waals surface area (Å²) in [5, 5.41) is 11.6. The lowest BCUT2D eigenvalue weighted by molar-refractivity contribution is -0.152. The van der Waals surface area contributed by atoms with Crippen molar-refractivity contribution in [2.24, 2.45) is 17.8 Å². The quantitative estimate of drug-likeness (QED) is 0.567. The van der Waals surface area contributed by atoms with E-state index in [0.29, 0.717) is 49.5 Å². The standard InChI is InChI=1S/C29H31F2N3O2/c1-19-16-34(17-20(2)29(19,36)23-6-4-3-5-7-23)28(35)22-11-13-33(18-22)27-14-21(10-12-32-27)25-9-8-24(30)15-26(25)31/h3-10,12,14-15,19-20,22,36H,11,13,16-18H2,1-2H3. The Morgan fingerprint density at radius 1 is 1.00 bits per heavy atom. The number of aliphatic hydroxyl groups is 1. The average molecular weight is 492 g/mol. The van der Waals surface area contributed by atoms with Crippen LogP contribution in [0, 0.1) is 29.4 Å². The first-order valence-corrected chi connectivity index (χ1v) is 12.5. The minimum absolute atomic E-state index is 0.103. The number of carbonyl (C=O) groups is 1. The zero-order valence-corrected chi connectivity index (χ0v) is 20.6. The minimum Gasteiger partial charge on any atom is -0.384 e. The summed E-state index contributed by atoms with van der Waals surface area (Å²) >= 11 is 0. The Morgan fingerprint density at radius 3 is 2.42 bits per heavy atom. The Bertz CT molecular complexity index is 1240. The highest BCUT2D eigenvalue weighted by atomic mass is 19.1. The predicted octanol–water partition coefficient (Wildman–Crippen LogP) is 4.86. The highest BCUT2D eigenvalue weighted by Gasteiger charge is 2.47. The van der Waals surface area contributed by atoms with Crippen LogP contribution in [0.15, 0.2) is 66.9 Å². The van der Waals surface area contributed by atoms with Crippen LogP contribution in [0.2, 0.25) is 0 Å². The van der Waals surface area contributed by atoms with Crippen LogP contribution in [0.25, 0.3) is 11.1 Å². The van der Waals surface area contributed by atoms with Crippen molar-refractivity contribution in [3.05, 3.63) is 84.1 Å². The molecule has 0 radical (unpaired) electrons. The SMILES string of the molecule is CC1CN(C(=O)C2CCN(c3cc(-c4ccc(F)cc4F)ccn3)C2)CC(C)C1(O)c1ccccc1. The van der Waals surface area contributed by atoms with Crippen molar-refractivity contribution >= 4 is 11.7 Å². The largest absolute Gasteiger partial charge is 0.384 e. The van der Waals surface area contributed by atoms with Crippen molar-refractivity contribution in [3.63, 3.8) is 0 Å². The van der Waals surface area contributed by atoms with Crippen molar-refractivity contribution in [1.29, 1.82) is 0 Å². The summed E-state index contributed by atoms with van der Waals surface area (Å²) in [6.07, 6.45) is 2.32. The number of aromatic nitrogens is 1. The molecule has 3 aromatic rings. The molecule has 3 atom stereocenters. The molecule has 5 rings (SSSR count). The van der Waals surface area contributed by atoms with Gasteiger partial charge < -0.3 is 14.9 Å². The number of piperidine rings is 1. The number of rotatable bonds is 4. The summed E-state index contributed by atoms with van der Waals surface area (Å²) in [5.74, 6) is -0.832. The van der Waals surface area contributed by atoms with Crippen LogP contribution in [0.1, 0.15) is 25.8 Å². The van der Waals surface area contributed by atoms with E-state index in [9.17, 15) is 18.7 Å². The number of amides is 1. The summed E-state index contributed by atoms with van der Waals surface area (Å²) < 4.78 is 27.6. The van der Waals surface area contributed by atoms with Crippen LogP contribution >= 0.6 is 0 Å². The monoisotopic (exact) mass is 491 g/mol. The van der Waals surface area contributed by atoms with Crippen LogP contribution in [-0.4, -0.2) is 47.1 Å². The second-order valence-corrected chi connectivity index (χ2v) is 10.2. The average Bonchev–Trinajstić information content (AvgIpc) is 3.37. The molecule has 0 aliphatic carbocycles. The van der Waals surface area contributed by atoms with Gasteiger partial charge in [-0.05, 0) is 41.8 Å². The molecule has 2 aliphatic heterocycles. The molecule has 5 nitrogen and oxygen atoms in total. The zero-order chi connectivity index (χ0) is 25.4. The summed E-state index contributed by atoms with van der Waals surface area (Å²) in [5.41, 5.74) is 0.854. The Morgan fingerprint density at radius 2 is 1.72 bits per heavy atom. The van der Waals surface area contributed by atoms with Crippen LogP contribution in [0.4, 0.5) is 14.6 Å². The smallest absolute Gasteiger partial charge is 0.227 e. The number of benzene rings is 2. The second kappa shape index (κ2) is 9.62. The fourth-order valence-corrected chi connectivity index (χ4v) is 5.86. The molecule has 188 valence electrons. The van der Waals surface area contributed by atoms with E-state index in [4.69, 9.17) is 0 Å². The number of likely N-dealkylation sites (tertiary alicyclic amines) is 1. The second-order valence-electron chi connectivity index (χ2n) is 10.2. The number of carbonyl (C=O) groups excluding carboxylic acids is 1. The molecule has 1 aromatic heterocycles. The number of nitrogens with zero attached hydrogens (tertiary/aromatic N) is 3. The molecular formula is C29H31F2N3O2. The summed E-state index contributed by atoms with van der Waals surface area (Å²) in [6, 6.07) is 16.7. The summed E-state index contributed by atoms with van der Waals surface area (Å²) in [6.45, 7) is 6.22. The van der Waals surface area contributed by atoms with Gasteiger partial charge in [0.25, 0.3) is 0 Å². The molecule has 2 aromatic carbocycles. The number of pyridine rings is 1. The molecule has 0 bridgehead atoms. The molecule has 2 aliphatic rings. The molecule has 3 unspecified atom stereocenters. The van der Waals surface area contributed by atoms with E-state index in [1.54, 1.807) is 18.3 Å². The Kier molecular flexibility index (Phi) is 6.51. The van der Waals surface area contributed by atoms with Gasteiger partial charge in [-0.15, -0.1) is 0 Å². The van der Waals surface area contributed by atoms with E-state index in [1.807, 2.05) is 54.0 Å². The first kappa shape index (κ1) is 24.4. The number of hydrogen-bond donors (Lipinski definition) is 1. The number of anilines is 1. The predicted molar refractivity (Wildman–Crippen MR) is 135 cm³/mol. The third kappa shape index (κ3) is 4.37. The molecule has 1 amide bonds. The molecule has 3 heterocycles. The molecule has 2 saturated heterocycles. The van der Waals surface area contributed by atoms with Gasteiger partial charge in [0.1, 0.15) is 17.5 Å². The Hall–Kier alpha value is -3.32. The lowest BCUT2D eigenvalue weighted by atomic mass is 9.70. The van der Waals surface area contributed by atoms with Gasteiger partial charge in [-0.25, -0.2) is 13.8 Å². The molecule has 7 heteroatoms. The van der Waals surface area contributed by atoms with Gasteiger partial charge in [0.2, 0.25) is 5.91 Å².